The molecule has 1 amide bonds. The molecule has 0 unspecified atom stereocenters. The number of hydrogen-bond acceptors (Lipinski definition) is 2. The largest absolute Gasteiger partial charge is 0.336 e. The summed E-state index contributed by atoms with van der Waals surface area (Å²) in [4.78, 5) is 14.0. The van der Waals surface area contributed by atoms with Crippen LogP contribution in [0.25, 0.3) is 0 Å². The van der Waals surface area contributed by atoms with Crippen molar-refractivity contribution in [1.29, 1.82) is 0 Å². The Morgan fingerprint density at radius 3 is 2.31 bits per heavy atom. The molecule has 2 N–H and O–H groups in total. The second-order valence-electron chi connectivity index (χ2n) is 4.91. The van der Waals surface area contributed by atoms with E-state index < -0.39 is 0 Å². The van der Waals surface area contributed by atoms with Gasteiger partial charge in [-0.1, -0.05) is 5.57 Å². The van der Waals surface area contributed by atoms with Crippen LogP contribution in [-0.4, -0.2) is 29.4 Å². The van der Waals surface area contributed by atoms with E-state index in [1.807, 2.05) is 25.7 Å². The molecule has 3 nitrogen and oxygen atoms in total. The van der Waals surface area contributed by atoms with Gasteiger partial charge in [-0.25, -0.2) is 0 Å². The number of nitrogens with zero attached hydrogens (tertiary/aromatic N) is 1. The maximum atomic E-state index is 12.0. The molecule has 1 fully saturated rings. The van der Waals surface area contributed by atoms with E-state index in [-0.39, 0.29) is 5.91 Å². The average molecular weight is 224 g/mol. The van der Waals surface area contributed by atoms with Gasteiger partial charge in [-0.15, -0.1) is 0 Å². The molecule has 92 valence electrons. The first-order valence-electron chi connectivity index (χ1n) is 6.25. The van der Waals surface area contributed by atoms with Gasteiger partial charge in [0.2, 0.25) is 5.91 Å². The van der Waals surface area contributed by atoms with Crippen LogP contribution in [0.4, 0.5) is 0 Å². The maximum Gasteiger partial charge on any atom is 0.246 e. The Hall–Kier alpha value is -0.830. The van der Waals surface area contributed by atoms with Crippen LogP contribution in [0.15, 0.2) is 11.6 Å². The van der Waals surface area contributed by atoms with Crippen LogP contribution in [-0.2, 0) is 4.79 Å². The van der Waals surface area contributed by atoms with Crippen molar-refractivity contribution in [2.75, 3.05) is 6.54 Å². The van der Waals surface area contributed by atoms with Crippen molar-refractivity contribution >= 4 is 5.91 Å². The summed E-state index contributed by atoms with van der Waals surface area (Å²) in [5.41, 5.74) is 6.95. The second-order valence-corrected chi connectivity index (χ2v) is 4.91. The predicted octanol–water partition coefficient (Wildman–Crippen LogP) is 2.07. The van der Waals surface area contributed by atoms with Gasteiger partial charge in [0, 0.05) is 24.7 Å². The third kappa shape index (κ3) is 3.63. The fourth-order valence-electron chi connectivity index (χ4n) is 2.34. The van der Waals surface area contributed by atoms with Crippen molar-refractivity contribution in [3.8, 4) is 0 Å². The van der Waals surface area contributed by atoms with E-state index in [1.54, 1.807) is 6.08 Å². The van der Waals surface area contributed by atoms with Gasteiger partial charge in [0.25, 0.3) is 0 Å². The third-order valence-electron chi connectivity index (χ3n) is 3.22. The average Bonchev–Trinajstić information content (AvgIpc) is 2.21. The number of amides is 1. The first kappa shape index (κ1) is 13.2. The zero-order valence-corrected chi connectivity index (χ0v) is 10.7. The minimum atomic E-state index is 0.156. The Morgan fingerprint density at radius 1 is 1.31 bits per heavy atom. The molecule has 0 saturated heterocycles. The Labute approximate surface area is 98.7 Å². The van der Waals surface area contributed by atoms with Gasteiger partial charge in [0.1, 0.15) is 0 Å². The highest BCUT2D eigenvalue weighted by molar-refractivity contribution is 5.88. The third-order valence-corrected chi connectivity index (χ3v) is 3.22. The number of hydrogen-bond donors (Lipinski definition) is 1. The van der Waals surface area contributed by atoms with Crippen LogP contribution in [0.3, 0.4) is 0 Å². The molecule has 16 heavy (non-hydrogen) atoms. The van der Waals surface area contributed by atoms with Crippen LogP contribution in [0.1, 0.15) is 46.5 Å². The topological polar surface area (TPSA) is 46.3 Å². The molecule has 0 aromatic carbocycles. The summed E-state index contributed by atoms with van der Waals surface area (Å²) >= 11 is 0. The number of nitrogens with two attached hydrogens (primary N) is 1. The highest BCUT2D eigenvalue weighted by Gasteiger charge is 2.25. The number of carbonyl (C=O) groups excluding carboxylic acids is 1. The smallest absolute Gasteiger partial charge is 0.246 e. The Balaban J connectivity index is 2.60. The summed E-state index contributed by atoms with van der Waals surface area (Å²) in [5, 5.41) is 0. The summed E-state index contributed by atoms with van der Waals surface area (Å²) in [5.74, 6) is 0.156. The molecule has 0 atom stereocenters. The molecule has 0 aromatic rings. The summed E-state index contributed by atoms with van der Waals surface area (Å²) in [7, 11) is 0. The van der Waals surface area contributed by atoms with Crippen LogP contribution in [0.5, 0.6) is 0 Å². The molecular formula is C13H24N2O. The fourth-order valence-corrected chi connectivity index (χ4v) is 2.34. The fraction of sp³-hybridized carbons (Fsp3) is 0.769. The number of allylic oxidation sites excluding steroid dienone is 1. The second kappa shape index (κ2) is 6.04. The van der Waals surface area contributed by atoms with E-state index >= 15 is 0 Å². The van der Waals surface area contributed by atoms with Gasteiger partial charge < -0.3 is 10.6 Å². The van der Waals surface area contributed by atoms with Gasteiger partial charge in [-0.05, 0) is 46.5 Å². The van der Waals surface area contributed by atoms with E-state index in [9.17, 15) is 4.79 Å². The van der Waals surface area contributed by atoms with Crippen LogP contribution in [0.2, 0.25) is 0 Å². The summed E-state index contributed by atoms with van der Waals surface area (Å²) in [6, 6.07) is 0.737. The van der Waals surface area contributed by atoms with Crippen molar-refractivity contribution < 1.29 is 4.79 Å². The van der Waals surface area contributed by atoms with Gasteiger partial charge in [-0.3, -0.25) is 4.79 Å². The molecule has 0 radical (unpaired) electrons. The summed E-state index contributed by atoms with van der Waals surface area (Å²) in [6.07, 6.45) is 5.93. The van der Waals surface area contributed by atoms with E-state index in [0.29, 0.717) is 12.1 Å². The monoisotopic (exact) mass is 224 g/mol. The SMILES string of the molecule is CCN(C(=O)C=C(C)C)C1CCC(N)CC1. The lowest BCUT2D eigenvalue weighted by atomic mass is 9.90. The van der Waals surface area contributed by atoms with E-state index in [1.165, 1.54) is 0 Å². The molecule has 0 spiro atoms. The number of likely N-dealkylation sites (N-methyl/N-ethyl adjacent to an activating group) is 1. The molecule has 1 rings (SSSR count). The lowest BCUT2D eigenvalue weighted by molar-refractivity contribution is -0.128. The van der Waals surface area contributed by atoms with Crippen molar-refractivity contribution in [2.24, 2.45) is 5.73 Å². The number of rotatable bonds is 3. The lowest BCUT2D eigenvalue weighted by Crippen LogP contribution is -2.43. The van der Waals surface area contributed by atoms with Gasteiger partial charge in [0.15, 0.2) is 0 Å². The van der Waals surface area contributed by atoms with Crippen molar-refractivity contribution in [1.82, 2.24) is 4.90 Å². The van der Waals surface area contributed by atoms with Crippen LogP contribution in [0, 0.1) is 0 Å². The normalized spacial score (nSPS) is 25.0. The van der Waals surface area contributed by atoms with Crippen LogP contribution < -0.4 is 5.73 Å². The first-order valence-corrected chi connectivity index (χ1v) is 6.25. The summed E-state index contributed by atoms with van der Waals surface area (Å²) < 4.78 is 0. The van der Waals surface area contributed by atoms with Gasteiger partial charge in [0.05, 0.1) is 0 Å². The predicted molar refractivity (Wildman–Crippen MR) is 67.0 cm³/mol. The maximum absolute atomic E-state index is 12.0. The highest BCUT2D eigenvalue weighted by atomic mass is 16.2. The van der Waals surface area contributed by atoms with E-state index in [0.717, 1.165) is 37.8 Å². The minimum absolute atomic E-state index is 0.156. The van der Waals surface area contributed by atoms with E-state index in [4.69, 9.17) is 5.73 Å². The van der Waals surface area contributed by atoms with Crippen molar-refractivity contribution in [2.45, 2.75) is 58.5 Å². The molecule has 0 aromatic heterocycles. The van der Waals surface area contributed by atoms with Crippen molar-refractivity contribution in [3.63, 3.8) is 0 Å². The molecule has 0 heterocycles. The molecule has 0 aliphatic heterocycles. The summed E-state index contributed by atoms with van der Waals surface area (Å²) in [6.45, 7) is 6.76. The quantitative estimate of drug-likeness (QED) is 0.746. The molecule has 1 aliphatic carbocycles. The zero-order chi connectivity index (χ0) is 12.1. The zero-order valence-electron chi connectivity index (χ0n) is 10.7. The Bertz CT molecular complexity index is 261. The van der Waals surface area contributed by atoms with Crippen molar-refractivity contribution in [3.05, 3.63) is 11.6 Å². The van der Waals surface area contributed by atoms with Crippen LogP contribution >= 0.6 is 0 Å². The Kier molecular flexibility index (Phi) is 5.00. The standard InChI is InChI=1S/C13H24N2O/c1-4-15(13(16)9-10(2)3)12-7-5-11(14)6-8-12/h9,11-12H,4-8,14H2,1-3H3. The molecular weight excluding hydrogens is 200 g/mol. The highest BCUT2D eigenvalue weighted by Crippen LogP contribution is 2.22. The van der Waals surface area contributed by atoms with Gasteiger partial charge >= 0.3 is 0 Å². The Morgan fingerprint density at radius 2 is 1.88 bits per heavy atom. The molecule has 1 saturated carbocycles. The first-order chi connectivity index (χ1) is 7.54. The number of carbonyl (C=O) groups is 1. The lowest BCUT2D eigenvalue weighted by Gasteiger charge is -2.35. The molecule has 3 heteroatoms. The molecule has 1 aliphatic rings. The van der Waals surface area contributed by atoms with Gasteiger partial charge in [-0.2, -0.15) is 0 Å². The van der Waals surface area contributed by atoms with E-state index in [2.05, 4.69) is 0 Å². The minimum Gasteiger partial charge on any atom is -0.336 e. The molecule has 0 bridgehead atoms.